The smallest absolute Gasteiger partial charge is 0.238 e. The molecular weight excluding hydrogens is 327 g/mol. The van der Waals surface area contributed by atoms with Gasteiger partial charge in [-0.15, -0.1) is 0 Å². The molecule has 7 heteroatoms. The van der Waals surface area contributed by atoms with Crippen molar-refractivity contribution in [2.24, 2.45) is 5.14 Å². The lowest BCUT2D eigenvalue weighted by molar-refractivity contribution is -0.00000755. The summed E-state index contributed by atoms with van der Waals surface area (Å²) < 4.78 is 35.0. The predicted octanol–water partition coefficient (Wildman–Crippen LogP) is -1.19. The summed E-state index contributed by atoms with van der Waals surface area (Å²) in [6, 6.07) is 12.9. The normalized spacial score (nSPS) is 11.0. The fourth-order valence-electron chi connectivity index (χ4n) is 1.91. The number of primary sulfonamides is 1. The van der Waals surface area contributed by atoms with Crippen LogP contribution in [0.25, 0.3) is 0 Å². The molecule has 0 amide bonds. The molecule has 0 fully saturated rings. The summed E-state index contributed by atoms with van der Waals surface area (Å²) in [4.78, 5) is 0.116. The van der Waals surface area contributed by atoms with Crippen molar-refractivity contribution in [1.29, 1.82) is 0 Å². The molecule has 120 valence electrons. The van der Waals surface area contributed by atoms with Gasteiger partial charge in [0.2, 0.25) is 10.0 Å². The highest BCUT2D eigenvalue weighted by Crippen LogP contribution is 2.09. The minimum absolute atomic E-state index is 0. The predicted molar refractivity (Wildman–Crippen MR) is 79.6 cm³/mol. The first kappa shape index (κ1) is 18.6. The summed E-state index contributed by atoms with van der Waals surface area (Å²) >= 11 is 0. The molecule has 0 aliphatic carbocycles. The maximum Gasteiger partial charge on any atom is 0.238 e. The average molecular weight is 344 g/mol. The molecule has 0 atom stereocenters. The van der Waals surface area contributed by atoms with Crippen LogP contribution in [0.1, 0.15) is 11.1 Å². The second-order valence-corrected chi connectivity index (χ2v) is 6.30. The van der Waals surface area contributed by atoms with Crippen LogP contribution in [0.5, 0.6) is 0 Å². The molecular formula is C15H17ClFN2O2S-. The van der Waals surface area contributed by atoms with Gasteiger partial charge in [-0.2, -0.15) is 0 Å². The van der Waals surface area contributed by atoms with Gasteiger partial charge in [0.25, 0.3) is 0 Å². The standard InChI is InChI=1S/C15H17FN2O2S.ClH/c16-14-5-1-13(2-6-14)11-18-10-9-12-3-7-15(8-4-12)21(17,19)20;/h1-8,18H,9-11H2,(H2,17,19,20);1H/p-1. The lowest BCUT2D eigenvalue weighted by Crippen LogP contribution is -3.00. The highest BCUT2D eigenvalue weighted by atomic mass is 35.5. The molecule has 0 aromatic heterocycles. The van der Waals surface area contributed by atoms with Crippen molar-refractivity contribution < 1.29 is 25.2 Å². The number of hydrogen-bond donors (Lipinski definition) is 2. The fraction of sp³-hybridized carbons (Fsp3) is 0.200. The quantitative estimate of drug-likeness (QED) is 0.648. The first-order valence-electron chi connectivity index (χ1n) is 6.52. The van der Waals surface area contributed by atoms with Gasteiger partial charge in [0, 0.05) is 6.54 Å². The number of nitrogens with one attached hydrogen (secondary N) is 1. The molecule has 0 radical (unpaired) electrons. The van der Waals surface area contributed by atoms with Gasteiger partial charge in [0.15, 0.2) is 0 Å². The number of hydrogen-bond acceptors (Lipinski definition) is 3. The third kappa shape index (κ3) is 5.73. The first-order valence-corrected chi connectivity index (χ1v) is 8.07. The zero-order valence-corrected chi connectivity index (χ0v) is 13.4. The molecule has 2 aromatic rings. The SMILES string of the molecule is NS(=O)(=O)c1ccc(CCNCc2ccc(F)cc2)cc1.[Cl-]. The van der Waals surface area contributed by atoms with Crippen molar-refractivity contribution in [1.82, 2.24) is 5.32 Å². The molecule has 3 N–H and O–H groups in total. The second-order valence-electron chi connectivity index (χ2n) is 4.74. The summed E-state index contributed by atoms with van der Waals surface area (Å²) in [6.07, 6.45) is 0.770. The van der Waals surface area contributed by atoms with Gasteiger partial charge in [-0.05, 0) is 48.4 Å². The van der Waals surface area contributed by atoms with Crippen LogP contribution in [0, 0.1) is 5.82 Å². The van der Waals surface area contributed by atoms with Gasteiger partial charge in [0.1, 0.15) is 5.82 Å². The number of nitrogens with two attached hydrogens (primary N) is 1. The molecule has 4 nitrogen and oxygen atoms in total. The molecule has 2 rings (SSSR count). The zero-order chi connectivity index (χ0) is 15.3. The number of rotatable bonds is 6. The van der Waals surface area contributed by atoms with Gasteiger partial charge in [-0.25, -0.2) is 17.9 Å². The maximum atomic E-state index is 12.7. The second kappa shape index (κ2) is 8.24. The van der Waals surface area contributed by atoms with E-state index in [1.165, 1.54) is 24.3 Å². The van der Waals surface area contributed by atoms with Crippen LogP contribution >= 0.6 is 0 Å². The molecule has 0 saturated heterocycles. The van der Waals surface area contributed by atoms with Crippen molar-refractivity contribution in [2.45, 2.75) is 17.9 Å². The highest BCUT2D eigenvalue weighted by Gasteiger charge is 2.06. The van der Waals surface area contributed by atoms with Gasteiger partial charge in [-0.3, -0.25) is 0 Å². The Labute approximate surface area is 136 Å². The van der Waals surface area contributed by atoms with Gasteiger partial charge >= 0.3 is 0 Å². The molecule has 0 bridgehead atoms. The molecule has 0 aliphatic rings. The van der Waals surface area contributed by atoms with E-state index in [0.29, 0.717) is 6.54 Å². The van der Waals surface area contributed by atoms with Crippen LogP contribution < -0.4 is 22.9 Å². The Hall–Kier alpha value is -1.47. The van der Waals surface area contributed by atoms with Crippen LogP contribution in [0.15, 0.2) is 53.4 Å². The van der Waals surface area contributed by atoms with Crippen LogP contribution in [0.2, 0.25) is 0 Å². The maximum absolute atomic E-state index is 12.7. The Bertz CT molecular complexity index is 688. The summed E-state index contributed by atoms with van der Waals surface area (Å²) in [5.41, 5.74) is 2.04. The molecule has 0 aliphatic heterocycles. The third-order valence-corrected chi connectivity index (χ3v) is 4.01. The van der Waals surface area contributed by atoms with Crippen LogP contribution in [-0.2, 0) is 23.0 Å². The molecule has 0 saturated carbocycles. The summed E-state index contributed by atoms with van der Waals surface area (Å²) in [5, 5.41) is 8.29. The minimum Gasteiger partial charge on any atom is -1.00 e. The molecule has 2 aromatic carbocycles. The Balaban J connectivity index is 0.00000242. The van der Waals surface area contributed by atoms with Crippen molar-refractivity contribution in [3.63, 3.8) is 0 Å². The Morgan fingerprint density at radius 3 is 2.05 bits per heavy atom. The van der Waals surface area contributed by atoms with Crippen LogP contribution in [0.3, 0.4) is 0 Å². The number of sulfonamides is 1. The van der Waals surface area contributed by atoms with Gasteiger partial charge in [-0.1, -0.05) is 24.3 Å². The summed E-state index contributed by atoms with van der Waals surface area (Å²) in [6.45, 7) is 1.40. The number of benzene rings is 2. The minimum atomic E-state index is -3.63. The zero-order valence-electron chi connectivity index (χ0n) is 11.8. The summed E-state index contributed by atoms with van der Waals surface area (Å²) in [5.74, 6) is -0.242. The molecule has 0 heterocycles. The van der Waals surface area contributed by atoms with E-state index in [9.17, 15) is 12.8 Å². The largest absolute Gasteiger partial charge is 1.00 e. The average Bonchev–Trinajstić information content (AvgIpc) is 2.45. The Morgan fingerprint density at radius 2 is 1.50 bits per heavy atom. The molecule has 22 heavy (non-hydrogen) atoms. The Kier molecular flexibility index (Phi) is 6.96. The van der Waals surface area contributed by atoms with Crippen LogP contribution in [-0.4, -0.2) is 15.0 Å². The van der Waals surface area contributed by atoms with E-state index in [2.05, 4.69) is 5.32 Å². The lowest BCUT2D eigenvalue weighted by atomic mass is 10.1. The van der Waals surface area contributed by atoms with Crippen molar-refractivity contribution in [3.05, 3.63) is 65.5 Å². The van der Waals surface area contributed by atoms with E-state index in [4.69, 9.17) is 5.14 Å². The van der Waals surface area contributed by atoms with E-state index in [-0.39, 0.29) is 23.1 Å². The van der Waals surface area contributed by atoms with E-state index in [1.807, 2.05) is 0 Å². The van der Waals surface area contributed by atoms with E-state index >= 15 is 0 Å². The van der Waals surface area contributed by atoms with E-state index in [1.54, 1.807) is 24.3 Å². The fourth-order valence-corrected chi connectivity index (χ4v) is 2.43. The monoisotopic (exact) mass is 343 g/mol. The molecule has 0 spiro atoms. The first-order chi connectivity index (χ1) is 9.95. The van der Waals surface area contributed by atoms with Crippen molar-refractivity contribution >= 4 is 10.0 Å². The van der Waals surface area contributed by atoms with Gasteiger partial charge < -0.3 is 17.7 Å². The van der Waals surface area contributed by atoms with E-state index < -0.39 is 10.0 Å². The lowest BCUT2D eigenvalue weighted by Gasteiger charge is -2.06. The topological polar surface area (TPSA) is 72.2 Å². The van der Waals surface area contributed by atoms with E-state index in [0.717, 1.165) is 24.1 Å². The van der Waals surface area contributed by atoms with Crippen LogP contribution in [0.4, 0.5) is 4.39 Å². The molecule has 0 unspecified atom stereocenters. The summed E-state index contributed by atoms with van der Waals surface area (Å²) in [7, 11) is -3.63. The van der Waals surface area contributed by atoms with Crippen molar-refractivity contribution in [2.75, 3.05) is 6.54 Å². The highest BCUT2D eigenvalue weighted by molar-refractivity contribution is 7.89. The van der Waals surface area contributed by atoms with Gasteiger partial charge in [0.05, 0.1) is 4.90 Å². The number of halogens is 2. The van der Waals surface area contributed by atoms with Crippen molar-refractivity contribution in [3.8, 4) is 0 Å². The third-order valence-electron chi connectivity index (χ3n) is 3.08. The Morgan fingerprint density at radius 1 is 0.955 bits per heavy atom.